The Kier molecular flexibility index (Phi) is 3.81. The number of nitrogens with two attached hydrogens (primary N) is 1. The SMILES string of the molecule is CC(c1ccc(CN)cc1)N1C(=O)C2CCCCC2C1=O. The minimum Gasteiger partial charge on any atom is -0.326 e. The van der Waals surface area contributed by atoms with E-state index in [2.05, 4.69) is 0 Å². The number of hydrogen-bond donors (Lipinski definition) is 1. The number of imide groups is 1. The molecule has 2 fully saturated rings. The first kappa shape index (κ1) is 14.3. The fourth-order valence-corrected chi connectivity index (χ4v) is 3.65. The van der Waals surface area contributed by atoms with Gasteiger partial charge in [-0.15, -0.1) is 0 Å². The van der Waals surface area contributed by atoms with Gasteiger partial charge in [0.2, 0.25) is 11.8 Å². The van der Waals surface area contributed by atoms with Crippen molar-refractivity contribution < 1.29 is 9.59 Å². The van der Waals surface area contributed by atoms with Gasteiger partial charge < -0.3 is 5.73 Å². The van der Waals surface area contributed by atoms with Crippen molar-refractivity contribution in [1.82, 2.24) is 4.90 Å². The molecule has 0 bridgehead atoms. The molecule has 3 atom stereocenters. The predicted molar refractivity (Wildman–Crippen MR) is 80.0 cm³/mol. The first-order valence-electron chi connectivity index (χ1n) is 7.79. The number of fused-ring (bicyclic) bond motifs is 1. The lowest BCUT2D eigenvalue weighted by molar-refractivity contribution is -0.142. The van der Waals surface area contributed by atoms with Crippen LogP contribution in [-0.4, -0.2) is 16.7 Å². The second-order valence-electron chi connectivity index (χ2n) is 6.17. The summed E-state index contributed by atoms with van der Waals surface area (Å²) < 4.78 is 0. The average Bonchev–Trinajstić information content (AvgIpc) is 2.79. The van der Waals surface area contributed by atoms with E-state index in [-0.39, 0.29) is 29.7 Å². The Morgan fingerprint density at radius 3 is 2.10 bits per heavy atom. The number of benzene rings is 1. The first-order valence-corrected chi connectivity index (χ1v) is 7.79. The van der Waals surface area contributed by atoms with Gasteiger partial charge in [-0.2, -0.15) is 0 Å². The van der Waals surface area contributed by atoms with Crippen molar-refractivity contribution in [2.45, 2.75) is 45.2 Å². The Labute approximate surface area is 125 Å². The number of nitrogens with zero attached hydrogens (tertiary/aromatic N) is 1. The van der Waals surface area contributed by atoms with Crippen LogP contribution in [0, 0.1) is 11.8 Å². The lowest BCUT2D eigenvalue weighted by atomic mass is 9.81. The zero-order valence-corrected chi connectivity index (χ0v) is 12.4. The molecule has 1 saturated carbocycles. The van der Waals surface area contributed by atoms with Crippen molar-refractivity contribution >= 4 is 11.8 Å². The molecule has 3 unspecified atom stereocenters. The Bertz CT molecular complexity index is 528. The lowest BCUT2D eigenvalue weighted by Gasteiger charge is -2.23. The molecular weight excluding hydrogens is 264 g/mol. The molecule has 2 amide bonds. The molecule has 1 aromatic rings. The summed E-state index contributed by atoms with van der Waals surface area (Å²) in [5, 5.41) is 0. The van der Waals surface area contributed by atoms with Crippen LogP contribution < -0.4 is 5.73 Å². The number of amides is 2. The Balaban J connectivity index is 1.84. The average molecular weight is 286 g/mol. The van der Waals surface area contributed by atoms with E-state index in [1.165, 1.54) is 4.90 Å². The summed E-state index contributed by atoms with van der Waals surface area (Å²) in [6.07, 6.45) is 3.86. The highest BCUT2D eigenvalue weighted by atomic mass is 16.2. The summed E-state index contributed by atoms with van der Waals surface area (Å²) in [5.74, 6) is -0.0887. The second kappa shape index (κ2) is 5.60. The molecule has 3 rings (SSSR count). The molecule has 2 N–H and O–H groups in total. The minimum absolute atomic E-state index is 0.0279. The fraction of sp³-hybridized carbons (Fsp3) is 0.529. The monoisotopic (exact) mass is 286 g/mol. The summed E-state index contributed by atoms with van der Waals surface area (Å²) in [4.78, 5) is 26.6. The van der Waals surface area contributed by atoms with Gasteiger partial charge in [0.25, 0.3) is 0 Å². The van der Waals surface area contributed by atoms with Crippen LogP contribution in [0.25, 0.3) is 0 Å². The van der Waals surface area contributed by atoms with Gasteiger partial charge in [0, 0.05) is 6.54 Å². The van der Waals surface area contributed by atoms with E-state index in [4.69, 9.17) is 5.73 Å². The number of hydrogen-bond acceptors (Lipinski definition) is 3. The molecule has 112 valence electrons. The number of likely N-dealkylation sites (tertiary alicyclic amines) is 1. The highest BCUT2D eigenvalue weighted by Crippen LogP contribution is 2.41. The third-order valence-corrected chi connectivity index (χ3v) is 4.96. The molecule has 4 heteroatoms. The zero-order valence-electron chi connectivity index (χ0n) is 12.4. The van der Waals surface area contributed by atoms with Crippen LogP contribution in [0.2, 0.25) is 0 Å². The fourth-order valence-electron chi connectivity index (χ4n) is 3.65. The molecule has 1 aliphatic heterocycles. The van der Waals surface area contributed by atoms with Gasteiger partial charge in [-0.3, -0.25) is 14.5 Å². The Hall–Kier alpha value is -1.68. The van der Waals surface area contributed by atoms with Crippen LogP contribution >= 0.6 is 0 Å². The smallest absolute Gasteiger partial charge is 0.233 e. The molecule has 0 aromatic heterocycles. The Morgan fingerprint density at radius 2 is 1.62 bits per heavy atom. The molecule has 1 aromatic carbocycles. The van der Waals surface area contributed by atoms with Gasteiger partial charge in [0.05, 0.1) is 17.9 Å². The molecule has 1 heterocycles. The normalized spacial score (nSPS) is 26.9. The van der Waals surface area contributed by atoms with E-state index < -0.39 is 0 Å². The summed E-state index contributed by atoms with van der Waals surface area (Å²) in [7, 11) is 0. The van der Waals surface area contributed by atoms with Crippen LogP contribution in [0.3, 0.4) is 0 Å². The number of carbonyl (C=O) groups is 2. The van der Waals surface area contributed by atoms with E-state index in [0.29, 0.717) is 6.54 Å². The number of carbonyl (C=O) groups excluding carboxylic acids is 2. The van der Waals surface area contributed by atoms with E-state index in [0.717, 1.165) is 36.8 Å². The largest absolute Gasteiger partial charge is 0.326 e. The quantitative estimate of drug-likeness (QED) is 0.868. The highest BCUT2D eigenvalue weighted by molar-refractivity contribution is 6.05. The molecule has 0 radical (unpaired) electrons. The van der Waals surface area contributed by atoms with Crippen LogP contribution in [-0.2, 0) is 16.1 Å². The lowest BCUT2D eigenvalue weighted by Crippen LogP contribution is -2.33. The summed E-state index contributed by atoms with van der Waals surface area (Å²) in [5.41, 5.74) is 7.65. The molecular formula is C17H22N2O2. The summed E-state index contributed by atoms with van der Waals surface area (Å²) in [6, 6.07) is 7.67. The van der Waals surface area contributed by atoms with Gasteiger partial charge in [0.15, 0.2) is 0 Å². The Morgan fingerprint density at radius 1 is 1.10 bits per heavy atom. The van der Waals surface area contributed by atoms with Gasteiger partial charge in [-0.25, -0.2) is 0 Å². The van der Waals surface area contributed by atoms with Crippen LogP contribution in [0.4, 0.5) is 0 Å². The third-order valence-electron chi connectivity index (χ3n) is 4.96. The van der Waals surface area contributed by atoms with E-state index >= 15 is 0 Å². The van der Waals surface area contributed by atoms with Gasteiger partial charge in [0.1, 0.15) is 0 Å². The maximum Gasteiger partial charge on any atom is 0.233 e. The standard InChI is InChI=1S/C17H22N2O2/c1-11(13-8-6-12(10-18)7-9-13)19-16(20)14-4-2-3-5-15(14)17(19)21/h6-9,11,14-15H,2-5,10,18H2,1H3. The zero-order chi connectivity index (χ0) is 15.0. The van der Waals surface area contributed by atoms with Crippen LogP contribution in [0.5, 0.6) is 0 Å². The first-order chi connectivity index (χ1) is 10.1. The van der Waals surface area contributed by atoms with Crippen molar-refractivity contribution in [3.05, 3.63) is 35.4 Å². The maximum atomic E-state index is 12.6. The van der Waals surface area contributed by atoms with Gasteiger partial charge in [-0.1, -0.05) is 37.1 Å². The molecule has 2 aliphatic rings. The predicted octanol–water partition coefficient (Wildman–Crippen LogP) is 2.38. The van der Waals surface area contributed by atoms with Gasteiger partial charge >= 0.3 is 0 Å². The second-order valence-corrected chi connectivity index (χ2v) is 6.17. The number of rotatable bonds is 3. The summed E-state index contributed by atoms with van der Waals surface area (Å²) in [6.45, 7) is 2.44. The van der Waals surface area contributed by atoms with Crippen molar-refractivity contribution in [2.75, 3.05) is 0 Å². The van der Waals surface area contributed by atoms with E-state index in [1.54, 1.807) is 0 Å². The van der Waals surface area contributed by atoms with Crippen LogP contribution in [0.1, 0.15) is 49.8 Å². The van der Waals surface area contributed by atoms with Crippen molar-refractivity contribution in [3.63, 3.8) is 0 Å². The minimum atomic E-state index is -0.192. The van der Waals surface area contributed by atoms with Crippen molar-refractivity contribution in [1.29, 1.82) is 0 Å². The van der Waals surface area contributed by atoms with Crippen LogP contribution in [0.15, 0.2) is 24.3 Å². The van der Waals surface area contributed by atoms with Gasteiger partial charge in [-0.05, 0) is 30.9 Å². The molecule has 0 spiro atoms. The van der Waals surface area contributed by atoms with E-state index in [9.17, 15) is 9.59 Å². The topological polar surface area (TPSA) is 63.4 Å². The molecule has 1 saturated heterocycles. The molecule has 4 nitrogen and oxygen atoms in total. The third kappa shape index (κ3) is 2.38. The maximum absolute atomic E-state index is 12.6. The molecule has 1 aliphatic carbocycles. The van der Waals surface area contributed by atoms with Crippen molar-refractivity contribution in [2.24, 2.45) is 17.6 Å². The highest BCUT2D eigenvalue weighted by Gasteiger charge is 2.49. The van der Waals surface area contributed by atoms with Crippen molar-refractivity contribution in [3.8, 4) is 0 Å². The van der Waals surface area contributed by atoms with E-state index in [1.807, 2.05) is 31.2 Å². The summed E-state index contributed by atoms with van der Waals surface area (Å²) >= 11 is 0. The molecule has 21 heavy (non-hydrogen) atoms.